The van der Waals surface area contributed by atoms with Gasteiger partial charge in [-0.3, -0.25) is 9.59 Å². The Balaban J connectivity index is 1.52. The van der Waals surface area contributed by atoms with Gasteiger partial charge in [-0.05, 0) is 61.2 Å². The number of likely N-dealkylation sites (tertiary alicyclic amines) is 1. The van der Waals surface area contributed by atoms with E-state index >= 15 is 0 Å². The van der Waals surface area contributed by atoms with Crippen LogP contribution in [0.25, 0.3) is 0 Å². The maximum atomic E-state index is 13.5. The second kappa shape index (κ2) is 12.6. The largest absolute Gasteiger partial charge is 0.504 e. The highest BCUT2D eigenvalue weighted by Gasteiger charge is 2.63. The molecule has 2 aromatic carbocycles. The number of aromatic hydroxyl groups is 1. The summed E-state index contributed by atoms with van der Waals surface area (Å²) in [6.07, 6.45) is 1.62. The van der Waals surface area contributed by atoms with E-state index in [4.69, 9.17) is 9.47 Å². The highest BCUT2D eigenvalue weighted by atomic mass is 16.5. The molecule has 40 heavy (non-hydrogen) atoms. The Labute approximate surface area is 235 Å². The molecule has 0 spiro atoms. The lowest BCUT2D eigenvalue weighted by Gasteiger charge is -2.53. The van der Waals surface area contributed by atoms with Gasteiger partial charge in [-0.2, -0.15) is 0 Å². The van der Waals surface area contributed by atoms with E-state index in [2.05, 4.69) is 10.6 Å². The summed E-state index contributed by atoms with van der Waals surface area (Å²) in [5, 5.41) is 16.5. The van der Waals surface area contributed by atoms with Gasteiger partial charge in [-0.25, -0.2) is 9.69 Å². The Kier molecular flexibility index (Phi) is 9.19. The number of amides is 4. The molecule has 0 aliphatic carbocycles. The summed E-state index contributed by atoms with van der Waals surface area (Å²) in [7, 11) is 1.47. The van der Waals surface area contributed by atoms with Crippen molar-refractivity contribution in [2.45, 2.75) is 58.7 Å². The molecule has 216 valence electrons. The molecule has 3 N–H and O–H groups in total. The molecule has 2 aliphatic rings. The van der Waals surface area contributed by atoms with Crippen LogP contribution in [0.4, 0.5) is 4.79 Å². The number of phenolic OH excluding ortho intramolecular Hbond substituents is 1. The number of benzene rings is 2. The lowest BCUT2D eigenvalue weighted by Crippen LogP contribution is -2.73. The van der Waals surface area contributed by atoms with Gasteiger partial charge in [0.1, 0.15) is 11.2 Å². The fourth-order valence-electron chi connectivity index (χ4n) is 5.51. The molecule has 10 heteroatoms. The number of urea groups is 1. The summed E-state index contributed by atoms with van der Waals surface area (Å²) in [4.78, 5) is 42.7. The number of rotatable bonds is 10. The molecule has 0 aromatic heterocycles. The van der Waals surface area contributed by atoms with Crippen molar-refractivity contribution < 1.29 is 29.0 Å². The van der Waals surface area contributed by atoms with Crippen molar-refractivity contribution in [3.8, 4) is 17.2 Å². The Hall–Kier alpha value is -3.79. The maximum Gasteiger partial charge on any atom is 0.327 e. The standard InChI is InChI=1S/C30H40N4O6/c1-5-8-23(21-11-14-25(39-4)24(35)19-21)32-29(38)34-27(37)30(6-2,7-3)28(34)40-22-12-9-20(10-13-22)26(36)33-17-15-31-16-18-33/h9-14,19,23,28,31,35H,5-8,15-18H2,1-4H3,(H,32,38)/t23-,28+/m1/s1. The first-order valence-corrected chi connectivity index (χ1v) is 14.1. The molecular weight excluding hydrogens is 512 g/mol. The third-order valence-corrected chi connectivity index (χ3v) is 8.07. The molecule has 2 saturated heterocycles. The van der Waals surface area contributed by atoms with Gasteiger partial charge in [0.15, 0.2) is 17.7 Å². The zero-order valence-electron chi connectivity index (χ0n) is 23.7. The zero-order valence-corrected chi connectivity index (χ0v) is 23.7. The number of hydrogen-bond donors (Lipinski definition) is 3. The quantitative estimate of drug-likeness (QED) is 0.380. The number of β-lactam (4-membered cyclic amide) rings is 1. The van der Waals surface area contributed by atoms with Crippen molar-refractivity contribution in [1.29, 1.82) is 0 Å². The van der Waals surface area contributed by atoms with Crippen LogP contribution >= 0.6 is 0 Å². The maximum absolute atomic E-state index is 13.5. The van der Waals surface area contributed by atoms with E-state index < -0.39 is 23.7 Å². The number of carbonyl (C=O) groups excluding carboxylic acids is 3. The molecule has 0 bridgehead atoms. The smallest absolute Gasteiger partial charge is 0.327 e. The number of imide groups is 1. The number of methoxy groups -OCH3 is 1. The van der Waals surface area contributed by atoms with E-state index in [1.165, 1.54) is 7.11 Å². The molecule has 2 aromatic rings. The lowest BCUT2D eigenvalue weighted by molar-refractivity contribution is -0.191. The normalized spacial score (nSPS) is 19.0. The van der Waals surface area contributed by atoms with Crippen molar-refractivity contribution >= 4 is 17.8 Å². The fourth-order valence-corrected chi connectivity index (χ4v) is 5.51. The first kappa shape index (κ1) is 29.2. The minimum Gasteiger partial charge on any atom is -0.504 e. The Morgan fingerprint density at radius 3 is 2.35 bits per heavy atom. The van der Waals surface area contributed by atoms with Gasteiger partial charge in [0, 0.05) is 31.7 Å². The zero-order chi connectivity index (χ0) is 28.9. The minimum atomic E-state index is -0.828. The summed E-state index contributed by atoms with van der Waals surface area (Å²) in [6.45, 7) is 8.71. The third-order valence-electron chi connectivity index (χ3n) is 8.07. The van der Waals surface area contributed by atoms with Gasteiger partial charge in [-0.1, -0.05) is 33.3 Å². The van der Waals surface area contributed by atoms with Crippen molar-refractivity contribution in [3.63, 3.8) is 0 Å². The van der Waals surface area contributed by atoms with E-state index in [0.717, 1.165) is 24.4 Å². The van der Waals surface area contributed by atoms with Crippen molar-refractivity contribution in [1.82, 2.24) is 20.4 Å². The molecule has 10 nitrogen and oxygen atoms in total. The second-order valence-corrected chi connectivity index (χ2v) is 10.3. The molecule has 2 aliphatic heterocycles. The van der Waals surface area contributed by atoms with Gasteiger partial charge >= 0.3 is 6.03 Å². The molecule has 0 unspecified atom stereocenters. The predicted molar refractivity (Wildman–Crippen MR) is 150 cm³/mol. The van der Waals surface area contributed by atoms with Crippen molar-refractivity contribution in [2.75, 3.05) is 33.3 Å². The first-order chi connectivity index (χ1) is 19.3. The van der Waals surface area contributed by atoms with Crippen LogP contribution in [0.3, 0.4) is 0 Å². The van der Waals surface area contributed by atoms with E-state index in [-0.39, 0.29) is 17.6 Å². The summed E-state index contributed by atoms with van der Waals surface area (Å²) in [6, 6.07) is 10.9. The van der Waals surface area contributed by atoms with Gasteiger partial charge in [-0.15, -0.1) is 0 Å². The first-order valence-electron chi connectivity index (χ1n) is 14.1. The van der Waals surface area contributed by atoms with E-state index in [1.807, 2.05) is 25.7 Å². The van der Waals surface area contributed by atoms with E-state index in [0.29, 0.717) is 55.0 Å². The van der Waals surface area contributed by atoms with E-state index in [1.54, 1.807) is 42.5 Å². The van der Waals surface area contributed by atoms with Crippen LogP contribution in [-0.4, -0.2) is 72.3 Å². The average molecular weight is 553 g/mol. The predicted octanol–water partition coefficient (Wildman–Crippen LogP) is 4.05. The number of hydrogen-bond acceptors (Lipinski definition) is 7. The lowest BCUT2D eigenvalue weighted by atomic mass is 9.72. The highest BCUT2D eigenvalue weighted by Crippen LogP contribution is 2.46. The number of piperazine rings is 1. The van der Waals surface area contributed by atoms with Crippen LogP contribution in [0.2, 0.25) is 0 Å². The Morgan fingerprint density at radius 2 is 1.77 bits per heavy atom. The summed E-state index contributed by atoms with van der Waals surface area (Å²) >= 11 is 0. The molecule has 2 fully saturated rings. The van der Waals surface area contributed by atoms with Crippen LogP contribution < -0.4 is 20.1 Å². The van der Waals surface area contributed by atoms with Gasteiger partial charge < -0.3 is 30.1 Å². The molecule has 0 radical (unpaired) electrons. The average Bonchev–Trinajstić information content (AvgIpc) is 2.98. The summed E-state index contributed by atoms with van der Waals surface area (Å²) in [5.74, 6) is 0.484. The molecule has 4 rings (SSSR count). The Bertz CT molecular complexity index is 1210. The van der Waals surface area contributed by atoms with Gasteiger partial charge in [0.25, 0.3) is 5.91 Å². The summed E-state index contributed by atoms with van der Waals surface area (Å²) < 4.78 is 11.4. The number of nitrogens with zero attached hydrogens (tertiary/aromatic N) is 2. The number of ether oxygens (including phenoxy) is 2. The molecule has 4 amide bonds. The second-order valence-electron chi connectivity index (χ2n) is 10.3. The van der Waals surface area contributed by atoms with Crippen molar-refractivity contribution in [3.05, 3.63) is 53.6 Å². The van der Waals surface area contributed by atoms with Crippen LogP contribution in [0.5, 0.6) is 17.2 Å². The van der Waals surface area contributed by atoms with Crippen LogP contribution in [0.1, 0.15) is 68.4 Å². The number of nitrogens with one attached hydrogen (secondary N) is 2. The fraction of sp³-hybridized carbons (Fsp3) is 0.500. The van der Waals surface area contributed by atoms with Crippen molar-refractivity contribution in [2.24, 2.45) is 5.41 Å². The van der Waals surface area contributed by atoms with Crippen LogP contribution in [0.15, 0.2) is 42.5 Å². The Morgan fingerprint density at radius 1 is 1.10 bits per heavy atom. The van der Waals surface area contributed by atoms with Gasteiger partial charge in [0.05, 0.1) is 13.2 Å². The molecule has 2 heterocycles. The van der Waals surface area contributed by atoms with E-state index in [9.17, 15) is 19.5 Å². The number of phenols is 1. The topological polar surface area (TPSA) is 120 Å². The molecule has 2 atom stereocenters. The molecular formula is C30H40N4O6. The monoisotopic (exact) mass is 552 g/mol. The number of carbonyl (C=O) groups is 3. The highest BCUT2D eigenvalue weighted by molar-refractivity contribution is 6.03. The molecule has 0 saturated carbocycles. The third kappa shape index (κ3) is 5.58. The minimum absolute atomic E-state index is 0.0218. The summed E-state index contributed by atoms with van der Waals surface area (Å²) in [5.41, 5.74) is 0.447. The van der Waals surface area contributed by atoms with Gasteiger partial charge in [0.2, 0.25) is 5.91 Å². The SMILES string of the molecule is CCC[C@@H](NC(=O)N1C(=O)C(CC)(CC)[C@@H]1Oc1ccc(C(=O)N2CCNCC2)cc1)c1ccc(OC)c(O)c1. The van der Waals surface area contributed by atoms with Crippen LogP contribution in [0, 0.1) is 5.41 Å². The van der Waals surface area contributed by atoms with Crippen LogP contribution in [-0.2, 0) is 4.79 Å².